The normalized spacial score (nSPS) is 25.1. The Hall–Kier alpha value is -1.95. The maximum atomic E-state index is 11.9. The molecule has 1 heterocycles. The predicted molar refractivity (Wildman–Crippen MR) is 81.9 cm³/mol. The lowest BCUT2D eigenvalue weighted by Crippen LogP contribution is -2.44. The number of amides is 1. The van der Waals surface area contributed by atoms with E-state index in [1.54, 1.807) is 0 Å². The average molecular weight is 303 g/mol. The molecule has 0 saturated heterocycles. The van der Waals surface area contributed by atoms with Crippen LogP contribution in [-0.2, 0) is 17.8 Å². The summed E-state index contributed by atoms with van der Waals surface area (Å²) in [6.45, 7) is 4.51. The van der Waals surface area contributed by atoms with E-state index < -0.39 is 12.0 Å². The lowest BCUT2D eigenvalue weighted by atomic mass is 9.99. The minimum Gasteiger partial charge on any atom is -0.354 e. The Bertz CT molecular complexity index is 590. The van der Waals surface area contributed by atoms with Crippen molar-refractivity contribution in [2.24, 2.45) is 5.92 Å². The standard InChI is InChI=1S/C16H21N3O3/c1-11(9-17-16(20)14-8-15(14)19(21)22)18-7-6-12-4-2-3-5-13(12)10-18/h2-5,11,14-15H,6-10H2,1H3,(H,17,20)/t11-,14+,15+/m1/s1. The summed E-state index contributed by atoms with van der Waals surface area (Å²) < 4.78 is 0. The first-order chi connectivity index (χ1) is 10.6. The smallest absolute Gasteiger partial charge is 0.230 e. The van der Waals surface area contributed by atoms with Crippen LogP contribution in [0.4, 0.5) is 0 Å². The molecule has 0 radical (unpaired) electrons. The molecule has 3 atom stereocenters. The molecule has 1 fully saturated rings. The summed E-state index contributed by atoms with van der Waals surface area (Å²) in [4.78, 5) is 24.5. The van der Waals surface area contributed by atoms with Crippen LogP contribution in [0.25, 0.3) is 0 Å². The van der Waals surface area contributed by atoms with E-state index in [1.807, 2.05) is 0 Å². The Balaban J connectivity index is 1.48. The number of nitrogens with one attached hydrogen (secondary N) is 1. The molecule has 6 nitrogen and oxygen atoms in total. The van der Waals surface area contributed by atoms with Gasteiger partial charge in [0, 0.05) is 37.0 Å². The largest absolute Gasteiger partial charge is 0.354 e. The molecule has 22 heavy (non-hydrogen) atoms. The van der Waals surface area contributed by atoms with E-state index in [0.29, 0.717) is 13.0 Å². The fourth-order valence-corrected chi connectivity index (χ4v) is 3.10. The molecule has 118 valence electrons. The second-order valence-corrected chi connectivity index (χ2v) is 6.28. The molecule has 1 saturated carbocycles. The molecule has 1 amide bonds. The van der Waals surface area contributed by atoms with Crippen molar-refractivity contribution in [3.63, 3.8) is 0 Å². The molecule has 0 aromatic heterocycles. The highest BCUT2D eigenvalue weighted by molar-refractivity contribution is 5.81. The van der Waals surface area contributed by atoms with Crippen molar-refractivity contribution in [3.05, 3.63) is 45.5 Å². The van der Waals surface area contributed by atoms with Crippen LogP contribution in [0.2, 0.25) is 0 Å². The Kier molecular flexibility index (Phi) is 4.11. The molecule has 1 aromatic rings. The van der Waals surface area contributed by atoms with Crippen molar-refractivity contribution in [1.82, 2.24) is 10.2 Å². The van der Waals surface area contributed by atoms with E-state index in [2.05, 4.69) is 41.4 Å². The lowest BCUT2D eigenvalue weighted by molar-refractivity contribution is -0.497. The van der Waals surface area contributed by atoms with Crippen LogP contribution < -0.4 is 5.32 Å². The maximum Gasteiger partial charge on any atom is 0.230 e. The highest BCUT2D eigenvalue weighted by Gasteiger charge is 2.53. The van der Waals surface area contributed by atoms with Gasteiger partial charge in [-0.1, -0.05) is 24.3 Å². The third-order valence-corrected chi connectivity index (χ3v) is 4.72. The summed E-state index contributed by atoms with van der Waals surface area (Å²) >= 11 is 0. The van der Waals surface area contributed by atoms with Gasteiger partial charge in [0.15, 0.2) is 0 Å². The molecule has 0 bridgehead atoms. The molecule has 3 rings (SSSR count). The molecule has 6 heteroatoms. The Morgan fingerprint density at radius 3 is 2.86 bits per heavy atom. The first-order valence-corrected chi connectivity index (χ1v) is 7.78. The first kappa shape index (κ1) is 15.0. The summed E-state index contributed by atoms with van der Waals surface area (Å²) in [5, 5.41) is 13.5. The van der Waals surface area contributed by atoms with Crippen molar-refractivity contribution in [2.45, 2.75) is 38.4 Å². The van der Waals surface area contributed by atoms with E-state index in [4.69, 9.17) is 0 Å². The molecule has 1 aliphatic carbocycles. The van der Waals surface area contributed by atoms with Crippen molar-refractivity contribution in [1.29, 1.82) is 0 Å². The van der Waals surface area contributed by atoms with Crippen molar-refractivity contribution < 1.29 is 9.72 Å². The van der Waals surface area contributed by atoms with Crippen LogP contribution in [0.3, 0.4) is 0 Å². The molecule has 1 N–H and O–H groups in total. The van der Waals surface area contributed by atoms with E-state index in [1.165, 1.54) is 11.1 Å². The van der Waals surface area contributed by atoms with Gasteiger partial charge in [0.1, 0.15) is 5.92 Å². The molecule has 2 aliphatic rings. The van der Waals surface area contributed by atoms with Gasteiger partial charge in [-0.05, 0) is 24.5 Å². The second-order valence-electron chi connectivity index (χ2n) is 6.28. The summed E-state index contributed by atoms with van der Waals surface area (Å²) in [5.41, 5.74) is 2.75. The number of nitro groups is 1. The number of hydrogen-bond acceptors (Lipinski definition) is 4. The fourth-order valence-electron chi connectivity index (χ4n) is 3.10. The van der Waals surface area contributed by atoms with Gasteiger partial charge in [-0.2, -0.15) is 0 Å². The molecule has 1 aromatic carbocycles. The molecule has 0 spiro atoms. The van der Waals surface area contributed by atoms with Crippen molar-refractivity contribution in [3.8, 4) is 0 Å². The number of fused-ring (bicyclic) bond motifs is 1. The number of nitrogens with zero attached hydrogens (tertiary/aromatic N) is 2. The predicted octanol–water partition coefficient (Wildman–Crippen LogP) is 1.21. The third kappa shape index (κ3) is 3.11. The number of carbonyl (C=O) groups excluding carboxylic acids is 1. The maximum absolute atomic E-state index is 11.9. The van der Waals surface area contributed by atoms with Crippen LogP contribution in [0, 0.1) is 16.0 Å². The van der Waals surface area contributed by atoms with Crippen LogP contribution in [0.1, 0.15) is 24.5 Å². The second kappa shape index (κ2) is 6.04. The summed E-state index contributed by atoms with van der Waals surface area (Å²) in [7, 11) is 0. The van der Waals surface area contributed by atoms with E-state index in [0.717, 1.165) is 19.5 Å². The number of hydrogen-bond donors (Lipinski definition) is 1. The van der Waals surface area contributed by atoms with Crippen LogP contribution in [-0.4, -0.2) is 40.9 Å². The van der Waals surface area contributed by atoms with Crippen LogP contribution >= 0.6 is 0 Å². The minimum atomic E-state index is -0.669. The van der Waals surface area contributed by atoms with E-state index in [-0.39, 0.29) is 16.9 Å². The van der Waals surface area contributed by atoms with Crippen LogP contribution in [0.15, 0.2) is 24.3 Å². The topological polar surface area (TPSA) is 75.5 Å². The highest BCUT2D eigenvalue weighted by atomic mass is 16.6. The third-order valence-electron chi connectivity index (χ3n) is 4.72. The zero-order chi connectivity index (χ0) is 15.7. The summed E-state index contributed by atoms with van der Waals surface area (Å²) in [6, 6.07) is 8.00. The Morgan fingerprint density at radius 1 is 1.45 bits per heavy atom. The highest BCUT2D eigenvalue weighted by Crippen LogP contribution is 2.33. The van der Waals surface area contributed by atoms with Crippen molar-refractivity contribution >= 4 is 5.91 Å². The average Bonchev–Trinajstić information content (AvgIpc) is 3.32. The summed E-state index contributed by atoms with van der Waals surface area (Å²) in [6.07, 6.45) is 1.41. The van der Waals surface area contributed by atoms with Gasteiger partial charge in [0.05, 0.1) is 0 Å². The van der Waals surface area contributed by atoms with Gasteiger partial charge in [-0.25, -0.2) is 0 Å². The van der Waals surface area contributed by atoms with Gasteiger partial charge in [0.25, 0.3) is 0 Å². The first-order valence-electron chi connectivity index (χ1n) is 7.78. The molecular weight excluding hydrogens is 282 g/mol. The Labute approximate surface area is 129 Å². The monoisotopic (exact) mass is 303 g/mol. The van der Waals surface area contributed by atoms with Crippen LogP contribution in [0.5, 0.6) is 0 Å². The molecule has 0 unspecified atom stereocenters. The Morgan fingerprint density at radius 2 is 2.18 bits per heavy atom. The van der Waals surface area contributed by atoms with Gasteiger partial charge >= 0.3 is 0 Å². The SMILES string of the molecule is C[C@H](CNC(=O)[C@H]1C[C@@H]1[N+](=O)[O-])N1CCc2ccccc2C1. The number of rotatable bonds is 5. The quantitative estimate of drug-likeness (QED) is 0.655. The van der Waals surface area contributed by atoms with Gasteiger partial charge < -0.3 is 5.32 Å². The van der Waals surface area contributed by atoms with Gasteiger partial charge in [0.2, 0.25) is 11.9 Å². The van der Waals surface area contributed by atoms with Gasteiger partial charge in [-0.3, -0.25) is 19.8 Å². The molecular formula is C16H21N3O3. The minimum absolute atomic E-state index is 0.175. The fraction of sp³-hybridized carbons (Fsp3) is 0.562. The lowest BCUT2D eigenvalue weighted by Gasteiger charge is -2.33. The van der Waals surface area contributed by atoms with E-state index >= 15 is 0 Å². The molecule has 1 aliphatic heterocycles. The van der Waals surface area contributed by atoms with Gasteiger partial charge in [-0.15, -0.1) is 0 Å². The van der Waals surface area contributed by atoms with Crippen molar-refractivity contribution in [2.75, 3.05) is 13.1 Å². The summed E-state index contributed by atoms with van der Waals surface area (Å²) in [5.74, 6) is -0.602. The number of carbonyl (C=O) groups is 1. The van der Waals surface area contributed by atoms with E-state index in [9.17, 15) is 14.9 Å². The zero-order valence-electron chi connectivity index (χ0n) is 12.7. The number of benzene rings is 1. The zero-order valence-corrected chi connectivity index (χ0v) is 12.7.